The van der Waals surface area contributed by atoms with Crippen LogP contribution in [0, 0.1) is 5.92 Å². The third-order valence-electron chi connectivity index (χ3n) is 6.26. The number of rotatable bonds is 9. The van der Waals surface area contributed by atoms with Crippen LogP contribution in [-0.4, -0.2) is 37.2 Å². The Morgan fingerprint density at radius 3 is 2.49 bits per heavy atom. The van der Waals surface area contributed by atoms with Crippen molar-refractivity contribution in [3.8, 4) is 11.5 Å². The maximum Gasteiger partial charge on any atom is 0.243 e. The number of carbonyl (C=O) groups is 1. The van der Waals surface area contributed by atoms with Crippen LogP contribution in [0.25, 0.3) is 0 Å². The number of carbonyl (C=O) groups excluding carboxylic acids is 1. The first-order chi connectivity index (χ1) is 17.9. The second-order valence-electron chi connectivity index (χ2n) is 8.85. The van der Waals surface area contributed by atoms with Gasteiger partial charge in [0.2, 0.25) is 5.91 Å². The highest BCUT2D eigenvalue weighted by Gasteiger charge is 2.24. The first-order valence-electron chi connectivity index (χ1n) is 12.0. The molecule has 0 aromatic heterocycles. The molecule has 1 fully saturated rings. The highest BCUT2D eigenvalue weighted by molar-refractivity contribution is 6.42. The Balaban J connectivity index is 1.25. The molecule has 0 spiro atoms. The van der Waals surface area contributed by atoms with Crippen molar-refractivity contribution in [2.45, 2.75) is 26.0 Å². The van der Waals surface area contributed by atoms with E-state index in [1.54, 1.807) is 31.5 Å². The Morgan fingerprint density at radius 2 is 1.78 bits per heavy atom. The molecule has 0 saturated carbocycles. The lowest BCUT2D eigenvalue weighted by molar-refractivity contribution is -0.126. The molecular weight excluding hydrogens is 533 g/mol. The molecule has 1 N–H and O–H groups in total. The van der Waals surface area contributed by atoms with E-state index in [4.69, 9.17) is 44.3 Å². The summed E-state index contributed by atoms with van der Waals surface area (Å²) in [5, 5.41) is 5.81. The molecule has 0 aliphatic carbocycles. The molecule has 1 aliphatic heterocycles. The van der Waals surface area contributed by atoms with Gasteiger partial charge in [-0.25, -0.2) is 5.43 Å². The highest BCUT2D eigenvalue weighted by atomic mass is 35.5. The van der Waals surface area contributed by atoms with E-state index in [2.05, 4.69) is 15.4 Å². The maximum atomic E-state index is 12.6. The molecule has 1 amide bonds. The molecule has 3 aromatic rings. The van der Waals surface area contributed by atoms with Gasteiger partial charge in [0, 0.05) is 29.1 Å². The van der Waals surface area contributed by atoms with Crippen molar-refractivity contribution in [1.82, 2.24) is 10.3 Å². The second kappa shape index (κ2) is 13.2. The van der Waals surface area contributed by atoms with Crippen molar-refractivity contribution >= 4 is 46.9 Å². The summed E-state index contributed by atoms with van der Waals surface area (Å²) < 4.78 is 11.3. The summed E-state index contributed by atoms with van der Waals surface area (Å²) in [5.74, 6) is 1.17. The van der Waals surface area contributed by atoms with Crippen LogP contribution < -0.4 is 14.9 Å². The number of halogens is 3. The standard InChI is InChI=1S/C28H28Cl3N3O3/c1-36-27-14-20(2-5-22(27)18-37-24-8-9-25(30)26(31)15-24)16-32-33-28(35)21-10-12-34(13-11-21)17-19-3-6-23(29)7-4-19/h2-9,14-16,21H,10-13,17-18H2,1H3,(H,33,35). The number of benzene rings is 3. The molecule has 4 rings (SSSR count). The molecule has 1 heterocycles. The van der Waals surface area contributed by atoms with Gasteiger partial charge in [0.05, 0.1) is 23.4 Å². The molecule has 0 radical (unpaired) electrons. The van der Waals surface area contributed by atoms with E-state index in [0.717, 1.165) is 48.6 Å². The topological polar surface area (TPSA) is 63.2 Å². The highest BCUT2D eigenvalue weighted by Crippen LogP contribution is 2.28. The molecule has 9 heteroatoms. The van der Waals surface area contributed by atoms with Crippen LogP contribution in [0.15, 0.2) is 65.8 Å². The van der Waals surface area contributed by atoms with Gasteiger partial charge in [-0.15, -0.1) is 0 Å². The Hall–Kier alpha value is -2.77. The minimum absolute atomic E-state index is 0.0472. The van der Waals surface area contributed by atoms with Gasteiger partial charge in [-0.1, -0.05) is 59.1 Å². The van der Waals surface area contributed by atoms with Crippen molar-refractivity contribution in [2.24, 2.45) is 11.0 Å². The van der Waals surface area contributed by atoms with E-state index < -0.39 is 0 Å². The normalized spacial score (nSPS) is 14.6. The lowest BCUT2D eigenvalue weighted by Gasteiger charge is -2.30. The summed E-state index contributed by atoms with van der Waals surface area (Å²) in [6, 6.07) is 18.6. The molecule has 37 heavy (non-hydrogen) atoms. The van der Waals surface area contributed by atoms with Crippen molar-refractivity contribution in [1.29, 1.82) is 0 Å². The summed E-state index contributed by atoms with van der Waals surface area (Å²) in [4.78, 5) is 15.0. The molecular formula is C28H28Cl3N3O3. The summed E-state index contributed by atoms with van der Waals surface area (Å²) in [6.45, 7) is 2.90. The first-order valence-corrected chi connectivity index (χ1v) is 13.1. The monoisotopic (exact) mass is 559 g/mol. The van der Waals surface area contributed by atoms with Gasteiger partial charge in [-0.3, -0.25) is 9.69 Å². The summed E-state index contributed by atoms with van der Waals surface area (Å²) >= 11 is 18.0. The fourth-order valence-electron chi connectivity index (χ4n) is 4.15. The zero-order valence-corrected chi connectivity index (χ0v) is 22.7. The van der Waals surface area contributed by atoms with E-state index in [-0.39, 0.29) is 11.8 Å². The van der Waals surface area contributed by atoms with Gasteiger partial charge in [-0.05, 0) is 67.4 Å². The molecule has 3 aromatic carbocycles. The van der Waals surface area contributed by atoms with Gasteiger partial charge in [0.1, 0.15) is 18.1 Å². The lowest BCUT2D eigenvalue weighted by atomic mass is 9.96. The number of ether oxygens (including phenoxy) is 2. The lowest BCUT2D eigenvalue weighted by Crippen LogP contribution is -2.39. The Bertz CT molecular complexity index is 1240. The number of likely N-dealkylation sites (tertiary alicyclic amines) is 1. The molecule has 0 unspecified atom stereocenters. The van der Waals surface area contributed by atoms with E-state index in [0.29, 0.717) is 28.2 Å². The average molecular weight is 561 g/mol. The Kier molecular flexibility index (Phi) is 9.69. The van der Waals surface area contributed by atoms with Gasteiger partial charge >= 0.3 is 0 Å². The van der Waals surface area contributed by atoms with E-state index in [9.17, 15) is 4.79 Å². The van der Waals surface area contributed by atoms with Crippen molar-refractivity contribution in [2.75, 3.05) is 20.2 Å². The zero-order valence-electron chi connectivity index (χ0n) is 20.4. The van der Waals surface area contributed by atoms with E-state index in [1.807, 2.05) is 42.5 Å². The fourth-order valence-corrected chi connectivity index (χ4v) is 4.57. The van der Waals surface area contributed by atoms with Gasteiger partial charge < -0.3 is 9.47 Å². The molecule has 0 bridgehead atoms. The summed E-state index contributed by atoms with van der Waals surface area (Å²) in [6.07, 6.45) is 3.21. The van der Waals surface area contributed by atoms with Crippen LogP contribution in [0.2, 0.25) is 15.1 Å². The number of piperidine rings is 1. The minimum Gasteiger partial charge on any atom is -0.496 e. The van der Waals surface area contributed by atoms with Gasteiger partial charge in [0.15, 0.2) is 0 Å². The third-order valence-corrected chi connectivity index (χ3v) is 7.25. The summed E-state index contributed by atoms with van der Waals surface area (Å²) in [5.41, 5.74) is 5.57. The molecule has 1 aliphatic rings. The van der Waals surface area contributed by atoms with Crippen LogP contribution in [0.4, 0.5) is 0 Å². The number of hydrogen-bond donors (Lipinski definition) is 1. The van der Waals surface area contributed by atoms with E-state index >= 15 is 0 Å². The molecule has 1 saturated heterocycles. The van der Waals surface area contributed by atoms with Crippen molar-refractivity contribution in [3.05, 3.63) is 92.4 Å². The van der Waals surface area contributed by atoms with Crippen LogP contribution in [0.3, 0.4) is 0 Å². The number of methoxy groups -OCH3 is 1. The smallest absolute Gasteiger partial charge is 0.243 e. The number of amides is 1. The Labute approximate surface area is 232 Å². The van der Waals surface area contributed by atoms with Crippen LogP contribution in [-0.2, 0) is 17.9 Å². The maximum absolute atomic E-state index is 12.6. The largest absolute Gasteiger partial charge is 0.496 e. The number of nitrogens with one attached hydrogen (secondary N) is 1. The predicted octanol–water partition coefficient (Wildman–Crippen LogP) is 6.60. The van der Waals surface area contributed by atoms with Gasteiger partial charge in [0.25, 0.3) is 0 Å². The summed E-state index contributed by atoms with van der Waals surface area (Å²) in [7, 11) is 1.60. The van der Waals surface area contributed by atoms with E-state index in [1.165, 1.54) is 5.56 Å². The predicted molar refractivity (Wildman–Crippen MR) is 149 cm³/mol. The number of nitrogens with zero attached hydrogens (tertiary/aromatic N) is 2. The van der Waals surface area contributed by atoms with Crippen LogP contribution in [0.5, 0.6) is 11.5 Å². The molecule has 6 nitrogen and oxygen atoms in total. The van der Waals surface area contributed by atoms with Crippen LogP contribution >= 0.6 is 34.8 Å². The quantitative estimate of drug-likeness (QED) is 0.237. The Morgan fingerprint density at radius 1 is 1.03 bits per heavy atom. The molecule has 0 atom stereocenters. The zero-order chi connectivity index (χ0) is 26.2. The van der Waals surface area contributed by atoms with Crippen molar-refractivity contribution < 1.29 is 14.3 Å². The van der Waals surface area contributed by atoms with Crippen LogP contribution in [0.1, 0.15) is 29.5 Å². The average Bonchev–Trinajstić information content (AvgIpc) is 2.91. The van der Waals surface area contributed by atoms with Crippen molar-refractivity contribution in [3.63, 3.8) is 0 Å². The minimum atomic E-state index is -0.0546. The fraction of sp³-hybridized carbons (Fsp3) is 0.286. The molecule has 194 valence electrons. The third kappa shape index (κ3) is 7.86. The number of hydrogen-bond acceptors (Lipinski definition) is 5. The SMILES string of the molecule is COc1cc(C=NNC(=O)C2CCN(Cc3ccc(Cl)cc3)CC2)ccc1COc1ccc(Cl)c(Cl)c1. The second-order valence-corrected chi connectivity index (χ2v) is 10.1. The van der Waals surface area contributed by atoms with Gasteiger partial charge in [-0.2, -0.15) is 5.10 Å². The first kappa shape index (κ1) is 27.3. The number of hydrazone groups is 1.